The Kier molecular flexibility index (Phi) is 4.15. The molecular formula is C15H18N4O2S. The second kappa shape index (κ2) is 6.23. The van der Waals surface area contributed by atoms with E-state index in [-0.39, 0.29) is 18.6 Å². The molecule has 0 radical (unpaired) electrons. The van der Waals surface area contributed by atoms with Gasteiger partial charge in [0.15, 0.2) is 5.13 Å². The third kappa shape index (κ3) is 3.14. The number of ether oxygens (including phenoxy) is 1. The lowest BCUT2D eigenvalue weighted by Crippen LogP contribution is -2.43. The molecule has 22 heavy (non-hydrogen) atoms. The first kappa shape index (κ1) is 14.6. The maximum absolute atomic E-state index is 12.2. The van der Waals surface area contributed by atoms with Crippen molar-refractivity contribution in [1.82, 2.24) is 4.98 Å². The van der Waals surface area contributed by atoms with Crippen LogP contribution in [0.4, 0.5) is 16.5 Å². The molecule has 1 atom stereocenters. The number of aromatic nitrogens is 1. The minimum atomic E-state index is -0.0972. The van der Waals surface area contributed by atoms with E-state index in [1.54, 1.807) is 6.20 Å². The third-order valence-corrected chi connectivity index (χ3v) is 4.20. The summed E-state index contributed by atoms with van der Waals surface area (Å²) in [5, 5.41) is 5.24. The smallest absolute Gasteiger partial charge is 0.245 e. The van der Waals surface area contributed by atoms with Crippen LogP contribution in [0.15, 0.2) is 29.8 Å². The summed E-state index contributed by atoms with van der Waals surface area (Å²) >= 11 is 1.40. The summed E-state index contributed by atoms with van der Waals surface area (Å²) in [5.74, 6) is 0.675. The molecule has 0 fully saturated rings. The number of nitrogens with zero attached hydrogens (tertiary/aromatic N) is 2. The Labute approximate surface area is 132 Å². The molecule has 2 aromatic rings. The molecule has 0 bridgehead atoms. The molecule has 1 amide bonds. The summed E-state index contributed by atoms with van der Waals surface area (Å²) in [6.07, 6.45) is 2.62. The predicted molar refractivity (Wildman–Crippen MR) is 88.5 cm³/mol. The van der Waals surface area contributed by atoms with Crippen LogP contribution >= 0.6 is 11.3 Å². The highest BCUT2D eigenvalue weighted by Gasteiger charge is 2.26. The third-order valence-electron chi connectivity index (χ3n) is 3.51. The van der Waals surface area contributed by atoms with E-state index in [4.69, 9.17) is 10.5 Å². The Morgan fingerprint density at radius 2 is 2.45 bits per heavy atom. The summed E-state index contributed by atoms with van der Waals surface area (Å²) in [7, 11) is 0. The van der Waals surface area contributed by atoms with Gasteiger partial charge in [-0.3, -0.25) is 4.79 Å². The lowest BCUT2D eigenvalue weighted by Gasteiger charge is -2.35. The Morgan fingerprint density at radius 3 is 3.18 bits per heavy atom. The predicted octanol–water partition coefficient (Wildman–Crippen LogP) is 2.34. The first-order valence-electron chi connectivity index (χ1n) is 7.16. The number of hydrogen-bond donors (Lipinski definition) is 2. The molecule has 0 aliphatic carbocycles. The van der Waals surface area contributed by atoms with Crippen LogP contribution in [-0.4, -0.2) is 30.1 Å². The van der Waals surface area contributed by atoms with Crippen molar-refractivity contribution < 1.29 is 9.53 Å². The number of nitrogens with two attached hydrogens (primary N) is 1. The van der Waals surface area contributed by atoms with Crippen LogP contribution < -0.4 is 20.7 Å². The highest BCUT2D eigenvalue weighted by molar-refractivity contribution is 7.13. The molecule has 116 valence electrons. The number of benzene rings is 1. The van der Waals surface area contributed by atoms with Gasteiger partial charge >= 0.3 is 0 Å². The van der Waals surface area contributed by atoms with Gasteiger partial charge in [-0.25, -0.2) is 4.98 Å². The maximum atomic E-state index is 12.2. The number of carbonyl (C=O) groups excluding carboxylic acids is 1. The Hall–Kier alpha value is -2.28. The van der Waals surface area contributed by atoms with Crippen molar-refractivity contribution in [2.24, 2.45) is 0 Å². The number of amides is 1. The lowest BCUT2D eigenvalue weighted by molar-refractivity contribution is -0.115. The fourth-order valence-electron chi connectivity index (χ4n) is 2.42. The fraction of sp³-hybridized carbons (Fsp3) is 0.333. The summed E-state index contributed by atoms with van der Waals surface area (Å²) < 4.78 is 5.91. The molecule has 0 saturated carbocycles. The highest BCUT2D eigenvalue weighted by Crippen LogP contribution is 2.35. The molecule has 3 rings (SSSR count). The van der Waals surface area contributed by atoms with Crippen molar-refractivity contribution in [3.05, 3.63) is 29.8 Å². The minimum absolute atomic E-state index is 0.0730. The summed E-state index contributed by atoms with van der Waals surface area (Å²) in [6.45, 7) is 2.98. The monoisotopic (exact) mass is 318 g/mol. The topological polar surface area (TPSA) is 80.5 Å². The van der Waals surface area contributed by atoms with Crippen molar-refractivity contribution in [3.63, 3.8) is 0 Å². The first-order valence-corrected chi connectivity index (χ1v) is 8.04. The summed E-state index contributed by atoms with van der Waals surface area (Å²) in [6, 6.07) is 5.51. The SMILES string of the molecule is CCC1CN(CC(=O)Nc2nccs2)c2cc(N)ccc2O1. The zero-order chi connectivity index (χ0) is 15.5. The van der Waals surface area contributed by atoms with E-state index in [1.807, 2.05) is 28.5 Å². The van der Waals surface area contributed by atoms with Crippen LogP contribution in [0.5, 0.6) is 5.75 Å². The van der Waals surface area contributed by atoms with Gasteiger partial charge in [-0.15, -0.1) is 11.3 Å². The van der Waals surface area contributed by atoms with E-state index >= 15 is 0 Å². The zero-order valence-corrected chi connectivity index (χ0v) is 13.1. The molecule has 1 unspecified atom stereocenters. The number of nitrogen functional groups attached to an aromatic ring is 1. The van der Waals surface area contributed by atoms with Gasteiger partial charge in [-0.05, 0) is 24.6 Å². The van der Waals surface area contributed by atoms with Gasteiger partial charge in [0.2, 0.25) is 5.91 Å². The van der Waals surface area contributed by atoms with E-state index in [1.165, 1.54) is 11.3 Å². The van der Waals surface area contributed by atoms with Crippen LogP contribution in [0.2, 0.25) is 0 Å². The van der Waals surface area contributed by atoms with Crippen molar-refractivity contribution >= 4 is 33.8 Å². The van der Waals surface area contributed by atoms with E-state index in [9.17, 15) is 4.79 Å². The van der Waals surface area contributed by atoms with Gasteiger partial charge < -0.3 is 20.7 Å². The van der Waals surface area contributed by atoms with Crippen LogP contribution in [0.25, 0.3) is 0 Å². The van der Waals surface area contributed by atoms with E-state index < -0.39 is 0 Å². The van der Waals surface area contributed by atoms with Crippen LogP contribution in [-0.2, 0) is 4.79 Å². The maximum Gasteiger partial charge on any atom is 0.245 e. The van der Waals surface area contributed by atoms with E-state index in [0.29, 0.717) is 17.4 Å². The van der Waals surface area contributed by atoms with E-state index in [0.717, 1.165) is 17.9 Å². The minimum Gasteiger partial charge on any atom is -0.486 e. The molecule has 0 saturated heterocycles. The second-order valence-electron chi connectivity index (χ2n) is 5.14. The molecule has 1 aromatic heterocycles. The molecule has 1 aliphatic heterocycles. The molecule has 7 heteroatoms. The molecule has 6 nitrogen and oxygen atoms in total. The van der Waals surface area contributed by atoms with Gasteiger partial charge in [-0.1, -0.05) is 6.92 Å². The van der Waals surface area contributed by atoms with Crippen LogP contribution in [0.1, 0.15) is 13.3 Å². The number of anilines is 3. The Morgan fingerprint density at radius 1 is 1.59 bits per heavy atom. The molecule has 1 aliphatic rings. The average molecular weight is 318 g/mol. The number of hydrogen-bond acceptors (Lipinski definition) is 6. The molecule has 1 aromatic carbocycles. The number of carbonyl (C=O) groups is 1. The standard InChI is InChI=1S/C15H18N4O2S/c1-2-11-8-19(9-14(20)18-15-17-5-6-22-15)12-7-10(16)3-4-13(12)21-11/h3-7,11H,2,8-9,16H2,1H3,(H,17,18,20). The number of rotatable bonds is 4. The Bertz CT molecular complexity index is 660. The molecule has 0 spiro atoms. The van der Waals surface area contributed by atoms with E-state index in [2.05, 4.69) is 17.2 Å². The van der Waals surface area contributed by atoms with Gasteiger partial charge in [0.1, 0.15) is 11.9 Å². The quantitative estimate of drug-likeness (QED) is 0.846. The molecule has 3 N–H and O–H groups in total. The van der Waals surface area contributed by atoms with Crippen molar-refractivity contribution in [1.29, 1.82) is 0 Å². The van der Waals surface area contributed by atoms with Crippen LogP contribution in [0, 0.1) is 0 Å². The Balaban J connectivity index is 1.77. The lowest BCUT2D eigenvalue weighted by atomic mass is 10.1. The normalized spacial score (nSPS) is 16.8. The number of fused-ring (bicyclic) bond motifs is 1. The van der Waals surface area contributed by atoms with Gasteiger partial charge in [0, 0.05) is 17.3 Å². The molecular weight excluding hydrogens is 300 g/mol. The number of nitrogens with one attached hydrogen (secondary N) is 1. The number of thiazole rings is 1. The largest absolute Gasteiger partial charge is 0.486 e. The van der Waals surface area contributed by atoms with Crippen LogP contribution in [0.3, 0.4) is 0 Å². The average Bonchev–Trinajstić information content (AvgIpc) is 3.00. The van der Waals surface area contributed by atoms with Gasteiger partial charge in [0.25, 0.3) is 0 Å². The summed E-state index contributed by atoms with van der Waals surface area (Å²) in [4.78, 5) is 18.3. The molecule has 2 heterocycles. The van der Waals surface area contributed by atoms with Crippen molar-refractivity contribution in [2.75, 3.05) is 29.0 Å². The second-order valence-corrected chi connectivity index (χ2v) is 6.04. The zero-order valence-electron chi connectivity index (χ0n) is 12.3. The summed E-state index contributed by atoms with van der Waals surface area (Å²) in [5.41, 5.74) is 7.38. The van der Waals surface area contributed by atoms with Gasteiger partial charge in [-0.2, -0.15) is 0 Å². The fourth-order valence-corrected chi connectivity index (χ4v) is 2.97. The van der Waals surface area contributed by atoms with Crippen molar-refractivity contribution in [2.45, 2.75) is 19.4 Å². The van der Waals surface area contributed by atoms with Crippen molar-refractivity contribution in [3.8, 4) is 5.75 Å². The first-order chi connectivity index (χ1) is 10.7. The van der Waals surface area contributed by atoms with Gasteiger partial charge in [0.05, 0.1) is 18.8 Å². The highest BCUT2D eigenvalue weighted by atomic mass is 32.1.